The molecule has 2 saturated carbocycles. The lowest BCUT2D eigenvalue weighted by Crippen LogP contribution is -2.44. The van der Waals surface area contributed by atoms with Crippen molar-refractivity contribution in [2.45, 2.75) is 88.2 Å². The number of alkyl carbamates (subject to hydrolysis) is 2. The van der Waals surface area contributed by atoms with Crippen LogP contribution in [0.5, 0.6) is 0 Å². The van der Waals surface area contributed by atoms with Crippen LogP contribution in [0.2, 0.25) is 0 Å². The van der Waals surface area contributed by atoms with Gasteiger partial charge in [0.15, 0.2) is 10.1 Å². The van der Waals surface area contributed by atoms with Crippen molar-refractivity contribution in [3.05, 3.63) is 0 Å². The lowest BCUT2D eigenvalue weighted by atomic mass is 9.76. The highest BCUT2D eigenvalue weighted by Crippen LogP contribution is 2.35. The van der Waals surface area contributed by atoms with Crippen molar-refractivity contribution in [3.8, 4) is 0 Å². The third-order valence-electron chi connectivity index (χ3n) is 6.34. The van der Waals surface area contributed by atoms with E-state index < -0.39 is 34.2 Å². The molecule has 1 atom stereocenters. The lowest BCUT2D eigenvalue weighted by molar-refractivity contribution is -0.0313. The van der Waals surface area contributed by atoms with Gasteiger partial charge in [-0.2, -0.15) is 8.78 Å². The quantitative estimate of drug-likeness (QED) is 0.462. The summed E-state index contributed by atoms with van der Waals surface area (Å²) in [5.41, 5.74) is 0. The average molecular weight is 502 g/mol. The molecule has 1 unspecified atom stereocenters. The van der Waals surface area contributed by atoms with E-state index in [0.29, 0.717) is 31.3 Å². The van der Waals surface area contributed by atoms with E-state index in [4.69, 9.17) is 4.74 Å². The molecular formula is C20H32F3N2O7S-. The van der Waals surface area contributed by atoms with Crippen molar-refractivity contribution >= 4 is 22.3 Å². The molecule has 2 amide bonds. The molecule has 0 heterocycles. The fraction of sp³-hybridized carbons (Fsp3) is 0.900. The van der Waals surface area contributed by atoms with Gasteiger partial charge in [-0.15, -0.1) is 0 Å². The van der Waals surface area contributed by atoms with E-state index in [1.54, 1.807) is 6.92 Å². The van der Waals surface area contributed by atoms with Crippen LogP contribution in [0.15, 0.2) is 0 Å². The van der Waals surface area contributed by atoms with Gasteiger partial charge in [0.1, 0.15) is 6.61 Å². The summed E-state index contributed by atoms with van der Waals surface area (Å²) < 4.78 is 79.9. The SMILES string of the molecule is CCOC(=O)NC1CCC(CC2CCC(NC(=O)OCC(F)C(F)(F)S(=O)(=O)[O-])CC2)CC1. The normalized spacial score (nSPS) is 27.3. The second-order valence-electron chi connectivity index (χ2n) is 8.76. The first-order valence-corrected chi connectivity index (χ1v) is 12.7. The maximum Gasteiger partial charge on any atom is 0.407 e. The van der Waals surface area contributed by atoms with Crippen LogP contribution in [-0.4, -0.2) is 61.9 Å². The Morgan fingerprint density at radius 2 is 1.36 bits per heavy atom. The Kier molecular flexibility index (Phi) is 10.1. The van der Waals surface area contributed by atoms with Crippen LogP contribution in [0.1, 0.15) is 64.7 Å². The summed E-state index contributed by atoms with van der Waals surface area (Å²) in [6.45, 7) is 0.563. The van der Waals surface area contributed by atoms with Gasteiger partial charge in [-0.25, -0.2) is 22.4 Å². The van der Waals surface area contributed by atoms with Crippen molar-refractivity contribution < 1.29 is 45.2 Å². The molecule has 9 nitrogen and oxygen atoms in total. The molecular weight excluding hydrogens is 469 g/mol. The second-order valence-corrected chi connectivity index (χ2v) is 10.2. The third-order valence-corrected chi connectivity index (χ3v) is 7.26. The number of rotatable bonds is 9. The topological polar surface area (TPSA) is 134 Å². The van der Waals surface area contributed by atoms with Crippen LogP contribution >= 0.6 is 0 Å². The summed E-state index contributed by atoms with van der Waals surface area (Å²) in [5, 5.41) is 0.180. The number of halogens is 3. The summed E-state index contributed by atoms with van der Waals surface area (Å²) in [4.78, 5) is 23.2. The first-order chi connectivity index (χ1) is 15.4. The highest BCUT2D eigenvalue weighted by atomic mass is 32.2. The van der Waals surface area contributed by atoms with E-state index in [2.05, 4.69) is 15.4 Å². The van der Waals surface area contributed by atoms with E-state index >= 15 is 0 Å². The molecule has 0 bridgehead atoms. The van der Waals surface area contributed by atoms with E-state index in [1.807, 2.05) is 0 Å². The Bertz CT molecular complexity index is 753. The van der Waals surface area contributed by atoms with Crippen LogP contribution in [0.3, 0.4) is 0 Å². The number of carbonyl (C=O) groups excluding carboxylic acids is 2. The minimum Gasteiger partial charge on any atom is -0.743 e. The van der Waals surface area contributed by atoms with Gasteiger partial charge in [0, 0.05) is 12.1 Å². The van der Waals surface area contributed by atoms with Gasteiger partial charge in [0.25, 0.3) is 0 Å². The first-order valence-electron chi connectivity index (χ1n) is 11.3. The van der Waals surface area contributed by atoms with Gasteiger partial charge in [0.05, 0.1) is 6.61 Å². The van der Waals surface area contributed by atoms with Crippen molar-refractivity contribution in [2.75, 3.05) is 13.2 Å². The van der Waals surface area contributed by atoms with Crippen molar-refractivity contribution in [1.29, 1.82) is 0 Å². The number of hydrogen-bond donors (Lipinski definition) is 2. The van der Waals surface area contributed by atoms with Gasteiger partial charge in [-0.1, -0.05) is 0 Å². The highest BCUT2D eigenvalue weighted by molar-refractivity contribution is 7.86. The Balaban J connectivity index is 1.63. The Morgan fingerprint density at radius 1 is 0.939 bits per heavy atom. The van der Waals surface area contributed by atoms with Crippen LogP contribution < -0.4 is 10.6 Å². The van der Waals surface area contributed by atoms with Crippen molar-refractivity contribution in [2.24, 2.45) is 11.8 Å². The number of nitrogens with one attached hydrogen (secondary N) is 2. The smallest absolute Gasteiger partial charge is 0.407 e. The molecule has 0 aliphatic heterocycles. The van der Waals surface area contributed by atoms with E-state index in [0.717, 1.165) is 44.9 Å². The van der Waals surface area contributed by atoms with Gasteiger partial charge < -0.3 is 24.7 Å². The molecule has 2 aliphatic rings. The van der Waals surface area contributed by atoms with Crippen molar-refractivity contribution in [1.82, 2.24) is 10.6 Å². The Labute approximate surface area is 191 Å². The van der Waals surface area contributed by atoms with Gasteiger partial charge in [0.2, 0.25) is 6.17 Å². The summed E-state index contributed by atoms with van der Waals surface area (Å²) in [7, 11) is -6.20. The average Bonchev–Trinajstić information content (AvgIpc) is 2.74. The minimum atomic E-state index is -6.20. The molecule has 13 heteroatoms. The number of alkyl halides is 3. The maximum absolute atomic E-state index is 13.3. The summed E-state index contributed by atoms with van der Waals surface area (Å²) in [5.74, 6) is 1.07. The molecule has 33 heavy (non-hydrogen) atoms. The molecule has 2 N–H and O–H groups in total. The molecule has 2 fully saturated rings. The molecule has 2 rings (SSSR count). The summed E-state index contributed by atoms with van der Waals surface area (Å²) >= 11 is 0. The van der Waals surface area contributed by atoms with Crippen LogP contribution in [0, 0.1) is 11.8 Å². The third kappa shape index (κ3) is 8.51. The summed E-state index contributed by atoms with van der Waals surface area (Å²) in [6, 6.07) is -0.107. The monoisotopic (exact) mass is 501 g/mol. The zero-order valence-corrected chi connectivity index (χ0v) is 19.4. The number of amides is 2. The van der Waals surface area contributed by atoms with Crippen molar-refractivity contribution in [3.63, 3.8) is 0 Å². The summed E-state index contributed by atoms with van der Waals surface area (Å²) in [6.07, 6.45) is 3.02. The van der Waals surface area contributed by atoms with Crippen LogP contribution in [0.25, 0.3) is 0 Å². The standard InChI is InChI=1S/C20H33F3N2O7S/c1-2-31-18(26)24-15-7-3-13(4-8-15)11-14-5-9-16(10-6-14)25-19(27)32-12-17(21)20(22,23)33(28,29)30/h13-17H,2-12H2,1H3,(H,24,26)(H,25,27)(H,28,29,30)/p-1. The van der Waals surface area contributed by atoms with E-state index in [-0.39, 0.29) is 18.2 Å². The Hall–Kier alpha value is -1.76. The maximum atomic E-state index is 13.3. The Morgan fingerprint density at radius 3 is 1.76 bits per heavy atom. The van der Waals surface area contributed by atoms with Crippen LogP contribution in [-0.2, 0) is 19.6 Å². The molecule has 2 aliphatic carbocycles. The lowest BCUT2D eigenvalue weighted by Gasteiger charge is -2.34. The second kappa shape index (κ2) is 12.1. The number of carbonyl (C=O) groups is 2. The largest absolute Gasteiger partial charge is 0.743 e. The number of hydrogen-bond acceptors (Lipinski definition) is 7. The fourth-order valence-corrected chi connectivity index (χ4v) is 4.89. The van der Waals surface area contributed by atoms with E-state index in [1.165, 1.54) is 0 Å². The molecule has 0 saturated heterocycles. The predicted octanol–water partition coefficient (Wildman–Crippen LogP) is 3.44. The predicted molar refractivity (Wildman–Crippen MR) is 110 cm³/mol. The van der Waals surface area contributed by atoms with Crippen LogP contribution in [0.4, 0.5) is 22.8 Å². The molecule has 0 aromatic rings. The molecule has 192 valence electrons. The molecule has 0 radical (unpaired) electrons. The molecule has 0 aromatic heterocycles. The molecule has 0 spiro atoms. The van der Waals surface area contributed by atoms with Gasteiger partial charge in [-0.3, -0.25) is 0 Å². The zero-order valence-electron chi connectivity index (χ0n) is 18.6. The van der Waals surface area contributed by atoms with E-state index in [9.17, 15) is 35.7 Å². The zero-order chi connectivity index (χ0) is 24.6. The highest BCUT2D eigenvalue weighted by Gasteiger charge is 2.48. The number of ether oxygens (including phenoxy) is 2. The first kappa shape index (κ1) is 27.5. The van der Waals surface area contributed by atoms with Gasteiger partial charge >= 0.3 is 17.4 Å². The molecule has 0 aromatic carbocycles. The minimum absolute atomic E-state index is 0.142. The van der Waals surface area contributed by atoms with Gasteiger partial charge in [-0.05, 0) is 76.5 Å². The fourth-order valence-electron chi connectivity index (χ4n) is 4.51.